The fourth-order valence-electron chi connectivity index (χ4n) is 5.17. The van der Waals surface area contributed by atoms with E-state index in [2.05, 4.69) is 34.9 Å². The Hall–Kier alpha value is -3.39. The largest absolute Gasteiger partial charge is 0.479 e. The van der Waals surface area contributed by atoms with E-state index in [-0.39, 0.29) is 30.9 Å². The molecule has 2 fully saturated rings. The zero-order valence-electron chi connectivity index (χ0n) is 19.4. The van der Waals surface area contributed by atoms with Crippen LogP contribution in [0.3, 0.4) is 0 Å². The summed E-state index contributed by atoms with van der Waals surface area (Å²) in [4.78, 5) is 36.9. The standard InChI is InChI=1S/C27H30N2O6/c30-25(28-14-17-11-12-34-24(17)26(31)32)23(13-16-9-10-16)29-27(33)35-15-22-20-7-3-1-5-18(20)19-6-2-4-8-21(19)22/h1-8,16-17,22-24H,9-15H2,(H,28,30)(H,29,33)(H,31,32)/t17-,23?,24-/m1/s1. The first kappa shape index (κ1) is 23.4. The van der Waals surface area contributed by atoms with Gasteiger partial charge in [0.1, 0.15) is 12.6 Å². The highest BCUT2D eigenvalue weighted by Crippen LogP contribution is 2.44. The Balaban J connectivity index is 1.19. The molecule has 8 nitrogen and oxygen atoms in total. The molecule has 35 heavy (non-hydrogen) atoms. The molecule has 3 atom stereocenters. The first-order valence-corrected chi connectivity index (χ1v) is 12.2. The lowest BCUT2D eigenvalue weighted by molar-refractivity contribution is -0.149. The Morgan fingerprint density at radius 3 is 2.29 bits per heavy atom. The van der Waals surface area contributed by atoms with Gasteiger partial charge in [-0.25, -0.2) is 9.59 Å². The van der Waals surface area contributed by atoms with E-state index in [1.165, 1.54) is 0 Å². The molecule has 1 unspecified atom stereocenters. The topological polar surface area (TPSA) is 114 Å². The van der Waals surface area contributed by atoms with Gasteiger partial charge in [0.15, 0.2) is 6.10 Å². The molecule has 184 valence electrons. The van der Waals surface area contributed by atoms with Gasteiger partial charge in [-0.05, 0) is 41.0 Å². The van der Waals surface area contributed by atoms with Crippen molar-refractivity contribution >= 4 is 18.0 Å². The number of carboxylic acid groups (broad SMARTS) is 1. The van der Waals surface area contributed by atoms with Crippen LogP contribution in [0.25, 0.3) is 11.1 Å². The highest BCUT2D eigenvalue weighted by Gasteiger charge is 2.36. The van der Waals surface area contributed by atoms with Crippen molar-refractivity contribution in [3.8, 4) is 11.1 Å². The lowest BCUT2D eigenvalue weighted by Gasteiger charge is -2.21. The Kier molecular flexibility index (Phi) is 6.72. The Bertz CT molecular complexity index is 1070. The van der Waals surface area contributed by atoms with E-state index in [0.29, 0.717) is 25.4 Å². The van der Waals surface area contributed by atoms with Gasteiger partial charge >= 0.3 is 12.1 Å². The number of benzene rings is 2. The van der Waals surface area contributed by atoms with Crippen LogP contribution in [0.1, 0.15) is 42.7 Å². The maximum absolute atomic E-state index is 12.9. The summed E-state index contributed by atoms with van der Waals surface area (Å²) in [5.41, 5.74) is 4.55. The second-order valence-electron chi connectivity index (χ2n) is 9.63. The number of aliphatic carboxylic acids is 1. The van der Waals surface area contributed by atoms with E-state index in [1.807, 2.05) is 24.3 Å². The molecular weight excluding hydrogens is 448 g/mol. The molecule has 0 bridgehead atoms. The molecule has 2 aromatic carbocycles. The van der Waals surface area contributed by atoms with Gasteiger partial charge in [0.2, 0.25) is 5.91 Å². The zero-order chi connectivity index (χ0) is 24.4. The zero-order valence-corrected chi connectivity index (χ0v) is 19.4. The maximum atomic E-state index is 12.9. The predicted octanol–water partition coefficient (Wildman–Crippen LogP) is 3.30. The minimum atomic E-state index is -1.02. The third-order valence-corrected chi connectivity index (χ3v) is 7.21. The highest BCUT2D eigenvalue weighted by molar-refractivity contribution is 5.86. The molecule has 3 N–H and O–H groups in total. The van der Waals surface area contributed by atoms with Gasteiger partial charge in [0, 0.05) is 25.0 Å². The van der Waals surface area contributed by atoms with Gasteiger partial charge in [0.25, 0.3) is 0 Å². The van der Waals surface area contributed by atoms with Crippen molar-refractivity contribution in [1.29, 1.82) is 0 Å². The summed E-state index contributed by atoms with van der Waals surface area (Å²) in [6.45, 7) is 0.738. The Morgan fingerprint density at radius 1 is 1.00 bits per heavy atom. The molecular formula is C27H30N2O6. The molecule has 2 aliphatic carbocycles. The minimum absolute atomic E-state index is 0.0563. The number of rotatable bonds is 9. The van der Waals surface area contributed by atoms with Crippen LogP contribution in [0.15, 0.2) is 48.5 Å². The number of fused-ring (bicyclic) bond motifs is 3. The summed E-state index contributed by atoms with van der Waals surface area (Å²) in [5.74, 6) is -1.28. The van der Waals surface area contributed by atoms with Crippen molar-refractivity contribution in [2.45, 2.75) is 43.7 Å². The lowest BCUT2D eigenvalue weighted by atomic mass is 9.98. The predicted molar refractivity (Wildman–Crippen MR) is 128 cm³/mol. The number of alkyl carbamates (subject to hydrolysis) is 1. The molecule has 8 heteroatoms. The van der Waals surface area contributed by atoms with Crippen molar-refractivity contribution in [3.63, 3.8) is 0 Å². The summed E-state index contributed by atoms with van der Waals surface area (Å²) in [6.07, 6.45) is 1.65. The lowest BCUT2D eigenvalue weighted by Crippen LogP contribution is -2.49. The SMILES string of the molecule is O=C(NC(CC1CC1)C(=O)NC[C@H]1CCO[C@H]1C(=O)O)OCC1c2ccccc2-c2ccccc21. The molecule has 5 rings (SSSR count). The second kappa shape index (κ2) is 10.1. The molecule has 1 aliphatic heterocycles. The van der Waals surface area contributed by atoms with Crippen molar-refractivity contribution < 1.29 is 29.0 Å². The normalized spacial score (nSPS) is 21.6. The molecule has 0 radical (unpaired) electrons. The number of carbonyl (C=O) groups excluding carboxylic acids is 2. The number of amides is 2. The van der Waals surface area contributed by atoms with Crippen LogP contribution in [0.5, 0.6) is 0 Å². The molecule has 0 spiro atoms. The van der Waals surface area contributed by atoms with Crippen LogP contribution >= 0.6 is 0 Å². The monoisotopic (exact) mass is 478 g/mol. The van der Waals surface area contributed by atoms with Gasteiger partial charge in [-0.3, -0.25) is 4.79 Å². The molecule has 1 saturated carbocycles. The summed E-state index contributed by atoms with van der Waals surface area (Å²) in [7, 11) is 0. The molecule has 2 amide bonds. The molecule has 1 heterocycles. The van der Waals surface area contributed by atoms with Crippen molar-refractivity contribution in [2.75, 3.05) is 19.8 Å². The maximum Gasteiger partial charge on any atom is 0.407 e. The average molecular weight is 479 g/mol. The minimum Gasteiger partial charge on any atom is -0.479 e. The fourth-order valence-corrected chi connectivity index (χ4v) is 5.17. The smallest absolute Gasteiger partial charge is 0.407 e. The first-order chi connectivity index (χ1) is 17.0. The Morgan fingerprint density at radius 2 is 1.66 bits per heavy atom. The van der Waals surface area contributed by atoms with Gasteiger partial charge in [-0.2, -0.15) is 0 Å². The van der Waals surface area contributed by atoms with Crippen LogP contribution in [0.4, 0.5) is 4.79 Å². The summed E-state index contributed by atoms with van der Waals surface area (Å²) in [5, 5.41) is 14.8. The van der Waals surface area contributed by atoms with Crippen molar-refractivity contribution in [3.05, 3.63) is 59.7 Å². The number of ether oxygens (including phenoxy) is 2. The fraction of sp³-hybridized carbons (Fsp3) is 0.444. The van der Waals surface area contributed by atoms with Crippen LogP contribution in [0, 0.1) is 11.8 Å². The van der Waals surface area contributed by atoms with E-state index in [9.17, 15) is 19.5 Å². The summed E-state index contributed by atoms with van der Waals surface area (Å²) < 4.78 is 10.9. The van der Waals surface area contributed by atoms with Crippen molar-refractivity contribution in [2.24, 2.45) is 11.8 Å². The van der Waals surface area contributed by atoms with Crippen LogP contribution in [-0.2, 0) is 19.1 Å². The molecule has 2 aromatic rings. The van der Waals surface area contributed by atoms with Crippen LogP contribution in [0.2, 0.25) is 0 Å². The Labute approximate surface area is 204 Å². The second-order valence-corrected chi connectivity index (χ2v) is 9.63. The van der Waals surface area contributed by atoms with Gasteiger partial charge in [-0.15, -0.1) is 0 Å². The third kappa shape index (κ3) is 5.17. The molecule has 0 aromatic heterocycles. The van der Waals surface area contributed by atoms with E-state index < -0.39 is 24.2 Å². The van der Waals surface area contributed by atoms with E-state index >= 15 is 0 Å². The number of hydrogen-bond acceptors (Lipinski definition) is 5. The van der Waals surface area contributed by atoms with Gasteiger partial charge < -0.3 is 25.2 Å². The number of nitrogens with one attached hydrogen (secondary N) is 2. The molecule has 1 saturated heterocycles. The highest BCUT2D eigenvalue weighted by atomic mass is 16.5. The average Bonchev–Trinajstić information content (AvgIpc) is 3.45. The number of carboxylic acids is 1. The number of hydrogen-bond donors (Lipinski definition) is 3. The first-order valence-electron chi connectivity index (χ1n) is 12.2. The summed E-state index contributed by atoms with van der Waals surface area (Å²) in [6, 6.07) is 15.5. The summed E-state index contributed by atoms with van der Waals surface area (Å²) >= 11 is 0. The van der Waals surface area contributed by atoms with Gasteiger partial charge in [0.05, 0.1) is 0 Å². The van der Waals surface area contributed by atoms with E-state index in [1.54, 1.807) is 0 Å². The molecule has 3 aliphatic rings. The van der Waals surface area contributed by atoms with Crippen molar-refractivity contribution in [1.82, 2.24) is 10.6 Å². The van der Waals surface area contributed by atoms with E-state index in [4.69, 9.17) is 9.47 Å². The van der Waals surface area contributed by atoms with Crippen LogP contribution < -0.4 is 10.6 Å². The number of carbonyl (C=O) groups is 3. The van der Waals surface area contributed by atoms with Crippen LogP contribution in [-0.4, -0.2) is 55.0 Å². The van der Waals surface area contributed by atoms with E-state index in [0.717, 1.165) is 35.1 Å². The third-order valence-electron chi connectivity index (χ3n) is 7.21. The van der Waals surface area contributed by atoms with Gasteiger partial charge in [-0.1, -0.05) is 61.4 Å². The quantitative estimate of drug-likeness (QED) is 0.510.